The second kappa shape index (κ2) is 54.2. The number of esters is 2. The van der Waals surface area contributed by atoms with Crippen LogP contribution in [-0.4, -0.2) is 188 Å². The number of primary amides is 1. The summed E-state index contributed by atoms with van der Waals surface area (Å²) in [5.41, 5.74) is 6.51. The van der Waals surface area contributed by atoms with Gasteiger partial charge in [0.1, 0.15) is 31.0 Å². The van der Waals surface area contributed by atoms with Crippen molar-refractivity contribution in [3.63, 3.8) is 0 Å². The number of hydrogen-bond donors (Lipinski definition) is 4. The lowest BCUT2D eigenvalue weighted by molar-refractivity contribution is -0.152. The Morgan fingerprint density at radius 2 is 1.33 bits per heavy atom. The maximum absolute atomic E-state index is 12.9. The predicted molar refractivity (Wildman–Crippen MR) is 340 cm³/mol. The van der Waals surface area contributed by atoms with Crippen LogP contribution in [0.4, 0.5) is 0 Å². The Bertz CT molecular complexity index is 1970. The summed E-state index contributed by atoms with van der Waals surface area (Å²) >= 11 is 0. The number of aliphatic hydroxyl groups is 1. The molecule has 0 bridgehead atoms. The third-order valence-corrected chi connectivity index (χ3v) is 13.1. The molecule has 7 amide bonds. The van der Waals surface area contributed by atoms with Gasteiger partial charge in [-0.1, -0.05) is 149 Å². The van der Waals surface area contributed by atoms with Crippen LogP contribution in [0.5, 0.6) is 5.75 Å². The van der Waals surface area contributed by atoms with Crippen molar-refractivity contribution < 1.29 is 67.3 Å². The number of likely N-dealkylation sites (tertiary alicyclic amines) is 2. The van der Waals surface area contributed by atoms with E-state index in [1.807, 2.05) is 72.1 Å². The lowest BCUT2D eigenvalue weighted by Gasteiger charge is -2.29. The average molecular weight is 1230 g/mol. The van der Waals surface area contributed by atoms with Gasteiger partial charge in [-0.25, -0.2) is 0 Å². The highest BCUT2D eigenvalue weighted by Gasteiger charge is 2.38. The maximum atomic E-state index is 12.9. The lowest BCUT2D eigenvalue weighted by atomic mass is 9.99. The highest BCUT2D eigenvalue weighted by atomic mass is 33.1. The number of Topliss-reactive ketones (excluding diaryl/α,β-unsaturated/α-hetero) is 1. The van der Waals surface area contributed by atoms with Gasteiger partial charge in [-0.15, -0.1) is 0 Å². The molecule has 1 aromatic rings. The van der Waals surface area contributed by atoms with E-state index in [9.17, 15) is 53.1 Å². The van der Waals surface area contributed by atoms with E-state index < -0.39 is 72.8 Å². The van der Waals surface area contributed by atoms with Crippen LogP contribution in [-0.2, 0) is 57.4 Å². The molecule has 0 spiro atoms. The van der Waals surface area contributed by atoms with E-state index >= 15 is 0 Å². The Labute approximate surface area is 513 Å². The largest absolute Gasteiger partial charge is 0.497 e. The fourth-order valence-electron chi connectivity index (χ4n) is 6.61. The molecule has 0 radical (unpaired) electrons. The SMILES string of the molecule is CC.CC.CC(C)C.CC(C)C.CCC.CCC(C)CC(O)CC(=O)OCC(=O)C(C)C(=O)NCC(=O)N1CCCC1.COc1ccc(C)cc1.CSSC(C)C(=O)N1CCCC1C(=O)N(C)CC(=O)NC(COC(=O)CN(C)C=O)C(N)=O. The van der Waals surface area contributed by atoms with Crippen molar-refractivity contribution in [2.75, 3.05) is 79.9 Å². The molecule has 6 atom stereocenters. The van der Waals surface area contributed by atoms with E-state index in [2.05, 4.69) is 72.9 Å². The highest BCUT2D eigenvalue weighted by Crippen LogP contribution is 2.28. The summed E-state index contributed by atoms with van der Waals surface area (Å²) in [4.78, 5) is 125. The van der Waals surface area contributed by atoms with E-state index in [1.54, 1.807) is 23.8 Å². The van der Waals surface area contributed by atoms with E-state index in [4.69, 9.17) is 19.9 Å². The van der Waals surface area contributed by atoms with Gasteiger partial charge >= 0.3 is 11.9 Å². The minimum absolute atomic E-state index is 0.126. The van der Waals surface area contributed by atoms with Crippen molar-refractivity contribution in [1.82, 2.24) is 30.2 Å². The second-order valence-corrected chi connectivity index (χ2v) is 23.8. The zero-order chi connectivity index (χ0) is 66.1. The number of ketones is 1. The van der Waals surface area contributed by atoms with Gasteiger partial charge in [0.15, 0.2) is 12.4 Å². The minimum Gasteiger partial charge on any atom is -0.497 e. The molecule has 0 aromatic heterocycles. The van der Waals surface area contributed by atoms with Crippen molar-refractivity contribution >= 4 is 81.2 Å². The van der Waals surface area contributed by atoms with E-state index in [1.165, 1.54) is 59.5 Å². The molecule has 2 heterocycles. The Morgan fingerprint density at radius 1 is 0.810 bits per heavy atom. The normalized spacial score (nSPS) is 14.4. The van der Waals surface area contributed by atoms with Crippen LogP contribution in [0.25, 0.3) is 0 Å². The van der Waals surface area contributed by atoms with Gasteiger partial charge in [-0.2, -0.15) is 0 Å². The summed E-state index contributed by atoms with van der Waals surface area (Å²) in [6, 6.07) is 6.01. The monoisotopic (exact) mass is 1230 g/mol. The fraction of sp³-hybridized carbons (Fsp3) is 0.738. The average Bonchev–Trinajstić information content (AvgIpc) is 4.40. The summed E-state index contributed by atoms with van der Waals surface area (Å²) in [6.45, 7) is 34.5. The van der Waals surface area contributed by atoms with Crippen LogP contribution in [0, 0.1) is 30.6 Å². The summed E-state index contributed by atoms with van der Waals surface area (Å²) < 4.78 is 14.7. The van der Waals surface area contributed by atoms with Crippen LogP contribution in [0.15, 0.2) is 24.3 Å². The van der Waals surface area contributed by atoms with E-state index in [0.717, 1.165) is 41.7 Å². The number of aliphatic hydroxyl groups excluding tert-OH is 1. The number of ether oxygens (including phenoxy) is 3. The Kier molecular flexibility index (Phi) is 56.4. The van der Waals surface area contributed by atoms with Gasteiger partial charge in [0.05, 0.1) is 43.9 Å². The first-order valence-corrected chi connectivity index (χ1v) is 32.3. The zero-order valence-electron chi connectivity index (χ0n) is 55.3. The molecule has 2 aliphatic rings. The minimum atomic E-state index is -1.31. The zero-order valence-corrected chi connectivity index (χ0v) is 56.9. The molecule has 488 valence electrons. The number of methoxy groups -OCH3 is 1. The van der Waals surface area contributed by atoms with Gasteiger partial charge in [0, 0.05) is 33.7 Å². The predicted octanol–water partition coefficient (Wildman–Crippen LogP) is 7.89. The molecule has 6 unspecified atom stereocenters. The number of nitrogens with one attached hydrogen (secondary N) is 2. The second-order valence-electron chi connectivity index (χ2n) is 21.0. The Hall–Kier alpha value is -5.42. The number of aryl methyl sites for hydroxylation is 1. The molecular formula is C61H113N7O14S2. The third-order valence-electron chi connectivity index (χ3n) is 11.0. The van der Waals surface area contributed by atoms with Crippen LogP contribution in [0.3, 0.4) is 0 Å². The fourth-order valence-corrected chi connectivity index (χ4v) is 8.23. The highest BCUT2D eigenvalue weighted by molar-refractivity contribution is 8.76. The molecule has 84 heavy (non-hydrogen) atoms. The van der Waals surface area contributed by atoms with Crippen LogP contribution >= 0.6 is 21.6 Å². The Morgan fingerprint density at radius 3 is 1.80 bits per heavy atom. The smallest absolute Gasteiger partial charge is 0.325 e. The Balaban J connectivity index is -0.000000359. The van der Waals surface area contributed by atoms with Gasteiger partial charge in [0.2, 0.25) is 41.9 Å². The number of likely N-dealkylation sites (N-methyl/N-ethyl adjacent to an activating group) is 2. The molecule has 0 saturated carbocycles. The number of amides is 7. The molecule has 5 N–H and O–H groups in total. The number of nitrogens with two attached hydrogens (primary N) is 1. The van der Waals surface area contributed by atoms with Crippen molar-refractivity contribution in [3.05, 3.63) is 29.8 Å². The molecule has 2 fully saturated rings. The number of nitrogens with zero attached hydrogens (tertiary/aromatic N) is 4. The third kappa shape index (κ3) is 45.9. The van der Waals surface area contributed by atoms with Gasteiger partial charge in [-0.3, -0.25) is 47.9 Å². The summed E-state index contributed by atoms with van der Waals surface area (Å²) in [5, 5.41) is 14.3. The van der Waals surface area contributed by atoms with Crippen LogP contribution < -0.4 is 21.1 Å². The first kappa shape index (κ1) is 87.4. The maximum Gasteiger partial charge on any atom is 0.325 e. The molecule has 2 aliphatic heterocycles. The molecule has 3 rings (SSSR count). The van der Waals surface area contributed by atoms with E-state index in [0.29, 0.717) is 51.2 Å². The molecule has 1 aromatic carbocycles. The quantitative estimate of drug-likeness (QED) is 0.0313. The molecule has 23 heteroatoms. The van der Waals surface area contributed by atoms with Crippen molar-refractivity contribution in [2.45, 2.75) is 193 Å². The number of rotatable bonds is 25. The van der Waals surface area contributed by atoms with E-state index in [-0.39, 0.29) is 49.0 Å². The molecule has 21 nitrogen and oxygen atoms in total. The topological polar surface area (TPSA) is 282 Å². The van der Waals surface area contributed by atoms with Gasteiger partial charge in [-0.05, 0) is 89.0 Å². The molecule has 2 saturated heterocycles. The van der Waals surface area contributed by atoms with Crippen molar-refractivity contribution in [3.8, 4) is 5.75 Å². The first-order chi connectivity index (χ1) is 39.5. The summed E-state index contributed by atoms with van der Waals surface area (Å²) in [5.74, 6) is -2.99. The molecular weight excluding hydrogens is 1120 g/mol. The first-order valence-electron chi connectivity index (χ1n) is 29.6. The number of benzene rings is 1. The molecule has 0 aliphatic carbocycles. The number of hydrogen-bond acceptors (Lipinski definition) is 16. The van der Waals surface area contributed by atoms with Crippen LogP contribution in [0.1, 0.15) is 168 Å². The van der Waals surface area contributed by atoms with Crippen molar-refractivity contribution in [2.24, 2.45) is 29.4 Å². The number of carbonyl (C=O) groups is 10. The lowest BCUT2D eigenvalue weighted by Crippen LogP contribution is -2.53. The van der Waals surface area contributed by atoms with Gasteiger partial charge < -0.3 is 55.3 Å². The van der Waals surface area contributed by atoms with Crippen LogP contribution in [0.2, 0.25) is 0 Å². The van der Waals surface area contributed by atoms with Gasteiger partial charge in [0.25, 0.3) is 0 Å². The standard InChI is InChI=1S/C19H31N5O7S2.C19H32N2O6.C8H10O.2C4H10.C3H8.2C2H6/c1-12(33-32-4)18(29)24-7-5-6-14(24)19(30)23(3)8-15(26)21-13(17(20)28)10-31-16(27)9-22(2)11-25;1-4-13(2)9-15(22)10-18(25)27-12-16(23)14(3)19(26)20-11-17(24)21-7-5-6-8-21;1-7-3-5-8(9-2)6-4-7;2*1-4(2)3;1-3-2;2*1-2/h11-14H,5-10H2,1-4H3,(H2,20,28)(H,21,26);13-15,22H,4-12H2,1-3H3,(H,20,26);3-6H,1-2H3;2*4H,1-3H3;3H2,1-2H3;2*1-2H3. The number of carbonyl (C=O) groups excluding carboxylic acids is 10. The summed E-state index contributed by atoms with van der Waals surface area (Å²) in [6.07, 6.45) is 7.08. The van der Waals surface area contributed by atoms with Crippen molar-refractivity contribution in [1.29, 1.82) is 0 Å². The summed E-state index contributed by atoms with van der Waals surface area (Å²) in [7, 11) is 7.36.